The molecule has 0 aromatic heterocycles. The van der Waals surface area contributed by atoms with Crippen LogP contribution in [0.4, 0.5) is 0 Å². The van der Waals surface area contributed by atoms with Gasteiger partial charge in [-0.15, -0.1) is 0 Å². The van der Waals surface area contributed by atoms with Crippen LogP contribution in [0.2, 0.25) is 0 Å². The summed E-state index contributed by atoms with van der Waals surface area (Å²) < 4.78 is 0. The molecule has 0 fully saturated rings. The summed E-state index contributed by atoms with van der Waals surface area (Å²) in [5.41, 5.74) is -0.301. The molecule has 0 aliphatic heterocycles. The van der Waals surface area contributed by atoms with Gasteiger partial charge in [0.25, 0.3) is 0 Å². The summed E-state index contributed by atoms with van der Waals surface area (Å²) in [6.07, 6.45) is 0. The van der Waals surface area contributed by atoms with E-state index in [9.17, 15) is 4.79 Å². The molecule has 1 aromatic carbocycles. The molecule has 0 aliphatic carbocycles. The van der Waals surface area contributed by atoms with Gasteiger partial charge in [-0.05, 0) is 12.1 Å². The van der Waals surface area contributed by atoms with Crippen molar-refractivity contribution in [1.29, 1.82) is 0 Å². The molecule has 0 atom stereocenters. The molecule has 1 rings (SSSR count). The zero-order valence-electron chi connectivity index (χ0n) is 5.48. The van der Waals surface area contributed by atoms with Crippen molar-refractivity contribution in [2.24, 2.45) is 0 Å². The quantitative estimate of drug-likeness (QED) is 0.439. The first-order valence-electron chi connectivity index (χ1n) is 2.87. The number of aromatic hydroxyl groups is 2. The molecule has 3 N–H and O–H groups in total. The van der Waals surface area contributed by atoms with E-state index in [0.717, 1.165) is 0 Å². The maximum absolute atomic E-state index is 10.3. The zero-order chi connectivity index (χ0) is 8.43. The predicted octanol–water partition coefficient (Wildman–Crippen LogP) is 0.147. The number of carboxylic acid groups (broad SMARTS) is 1. The fourth-order valence-electron chi connectivity index (χ4n) is 0.704. The SMILES string of the molecule is O=C(O)c1cccc(O)c1O.[KH]. The van der Waals surface area contributed by atoms with Crippen molar-refractivity contribution in [2.75, 3.05) is 0 Å². The van der Waals surface area contributed by atoms with Gasteiger partial charge in [0.15, 0.2) is 11.5 Å². The van der Waals surface area contributed by atoms with E-state index >= 15 is 0 Å². The molecule has 5 heteroatoms. The number of para-hydroxylation sites is 1. The normalized spacial score (nSPS) is 8.67. The summed E-state index contributed by atoms with van der Waals surface area (Å²) in [5, 5.41) is 26.2. The van der Waals surface area contributed by atoms with E-state index in [1.54, 1.807) is 0 Å². The Morgan fingerprint density at radius 3 is 2.25 bits per heavy atom. The Morgan fingerprint density at radius 2 is 1.83 bits per heavy atom. The van der Waals surface area contributed by atoms with Crippen molar-refractivity contribution in [3.63, 3.8) is 0 Å². The first-order chi connectivity index (χ1) is 5.13. The molecule has 0 radical (unpaired) electrons. The molecule has 0 heterocycles. The molecule has 4 nitrogen and oxygen atoms in total. The van der Waals surface area contributed by atoms with E-state index in [-0.39, 0.29) is 56.9 Å². The maximum atomic E-state index is 10.3. The Labute approximate surface area is 111 Å². The van der Waals surface area contributed by atoms with E-state index in [2.05, 4.69) is 0 Å². The molecule has 0 unspecified atom stereocenters. The molecule has 0 saturated carbocycles. The fourth-order valence-corrected chi connectivity index (χ4v) is 0.704. The summed E-state index contributed by atoms with van der Waals surface area (Å²) in [6, 6.07) is 3.76. The molecule has 0 aliphatic rings. The summed E-state index contributed by atoms with van der Waals surface area (Å²) in [7, 11) is 0. The van der Waals surface area contributed by atoms with E-state index < -0.39 is 17.5 Å². The number of phenols is 2. The number of rotatable bonds is 1. The first-order valence-corrected chi connectivity index (χ1v) is 2.87. The van der Waals surface area contributed by atoms with Crippen LogP contribution >= 0.6 is 0 Å². The van der Waals surface area contributed by atoms with Crippen molar-refractivity contribution < 1.29 is 20.1 Å². The molecule has 12 heavy (non-hydrogen) atoms. The second-order valence-corrected chi connectivity index (χ2v) is 1.98. The Balaban J connectivity index is 0.00000121. The monoisotopic (exact) mass is 194 g/mol. The first kappa shape index (κ1) is 11.9. The van der Waals surface area contributed by atoms with E-state index in [1.165, 1.54) is 18.2 Å². The average Bonchev–Trinajstić information content (AvgIpc) is 1.94. The molecular weight excluding hydrogens is 187 g/mol. The van der Waals surface area contributed by atoms with Gasteiger partial charge in [0, 0.05) is 0 Å². The summed E-state index contributed by atoms with van der Waals surface area (Å²) >= 11 is 0. The van der Waals surface area contributed by atoms with Gasteiger partial charge in [-0.1, -0.05) is 6.07 Å². The van der Waals surface area contributed by atoms with Crippen molar-refractivity contribution in [3.05, 3.63) is 23.8 Å². The summed E-state index contributed by atoms with van der Waals surface area (Å²) in [4.78, 5) is 10.3. The van der Waals surface area contributed by atoms with Crippen LogP contribution in [0.3, 0.4) is 0 Å². The van der Waals surface area contributed by atoms with Crippen LogP contribution in [0, 0.1) is 0 Å². The van der Waals surface area contributed by atoms with Crippen LogP contribution in [0.5, 0.6) is 11.5 Å². The predicted molar refractivity (Wildman–Crippen MR) is 43.9 cm³/mol. The van der Waals surface area contributed by atoms with E-state index in [1.807, 2.05) is 0 Å². The standard InChI is InChI=1S/C7H6O4.K.H/c8-5-3-1-2-4(6(5)9)7(10)11;;/h1-3,8-9H,(H,10,11);;. The number of hydrogen-bond acceptors (Lipinski definition) is 3. The minimum atomic E-state index is -1.27. The van der Waals surface area contributed by atoms with Crippen LogP contribution in [-0.2, 0) is 0 Å². The van der Waals surface area contributed by atoms with Crippen LogP contribution in [0.25, 0.3) is 0 Å². The number of phenolic OH excluding ortho intramolecular Hbond substituents is 1. The third-order valence-corrected chi connectivity index (χ3v) is 1.25. The van der Waals surface area contributed by atoms with Gasteiger partial charge < -0.3 is 15.3 Å². The van der Waals surface area contributed by atoms with E-state index in [4.69, 9.17) is 15.3 Å². The van der Waals surface area contributed by atoms with E-state index in [0.29, 0.717) is 0 Å². The molecule has 0 spiro atoms. The number of hydrogen-bond donors (Lipinski definition) is 3. The Hall–Kier alpha value is -0.0736. The minimum absolute atomic E-state index is 0. The summed E-state index contributed by atoms with van der Waals surface area (Å²) in [5.74, 6) is -2.29. The molecule has 0 saturated heterocycles. The summed E-state index contributed by atoms with van der Waals surface area (Å²) in [6.45, 7) is 0. The van der Waals surface area contributed by atoms with Crippen molar-refractivity contribution in [1.82, 2.24) is 0 Å². The van der Waals surface area contributed by atoms with Crippen molar-refractivity contribution >= 4 is 57.4 Å². The van der Waals surface area contributed by atoms with Gasteiger partial charge in [-0.3, -0.25) is 0 Å². The fraction of sp³-hybridized carbons (Fsp3) is 0. The van der Waals surface area contributed by atoms with Gasteiger partial charge in [0.2, 0.25) is 0 Å². The third-order valence-electron chi connectivity index (χ3n) is 1.25. The number of carbonyl (C=O) groups is 1. The Morgan fingerprint density at radius 1 is 1.25 bits per heavy atom. The molecule has 60 valence electrons. The van der Waals surface area contributed by atoms with Crippen LogP contribution in [0.1, 0.15) is 10.4 Å². The van der Waals surface area contributed by atoms with Crippen molar-refractivity contribution in [2.45, 2.75) is 0 Å². The third kappa shape index (κ3) is 2.46. The van der Waals surface area contributed by atoms with Gasteiger partial charge in [-0.2, -0.15) is 0 Å². The van der Waals surface area contributed by atoms with Gasteiger partial charge >= 0.3 is 57.4 Å². The Bertz CT molecular complexity index is 297. The van der Waals surface area contributed by atoms with Gasteiger partial charge in [-0.25, -0.2) is 4.79 Å². The van der Waals surface area contributed by atoms with Crippen LogP contribution < -0.4 is 0 Å². The van der Waals surface area contributed by atoms with Gasteiger partial charge in [0.1, 0.15) is 5.56 Å². The van der Waals surface area contributed by atoms with Crippen LogP contribution in [-0.4, -0.2) is 72.7 Å². The van der Waals surface area contributed by atoms with Crippen LogP contribution in [0.15, 0.2) is 18.2 Å². The molecule has 0 amide bonds. The topological polar surface area (TPSA) is 77.8 Å². The second kappa shape index (κ2) is 4.83. The molecular formula is C7H7KO4. The molecule has 1 aromatic rings. The number of benzene rings is 1. The average molecular weight is 194 g/mol. The number of carboxylic acids is 1. The number of aromatic carboxylic acids is 1. The van der Waals surface area contributed by atoms with Gasteiger partial charge in [0.05, 0.1) is 0 Å². The van der Waals surface area contributed by atoms with Crippen molar-refractivity contribution in [3.8, 4) is 11.5 Å². The Kier molecular flexibility index (Phi) is 4.80. The molecule has 0 bridgehead atoms. The second-order valence-electron chi connectivity index (χ2n) is 1.98. The zero-order valence-corrected chi connectivity index (χ0v) is 5.48.